The molecule has 2 fully saturated rings. The van der Waals surface area contributed by atoms with Gasteiger partial charge in [0.2, 0.25) is 0 Å². The fourth-order valence-electron chi connectivity index (χ4n) is 3.43. The Labute approximate surface area is 122 Å². The van der Waals surface area contributed by atoms with Crippen molar-refractivity contribution >= 4 is 5.91 Å². The van der Waals surface area contributed by atoms with Gasteiger partial charge >= 0.3 is 0 Å². The molecule has 4 rings (SSSR count). The molecule has 2 atom stereocenters. The van der Waals surface area contributed by atoms with Crippen LogP contribution in [0.25, 0.3) is 11.5 Å². The van der Waals surface area contributed by atoms with Gasteiger partial charge in [0.1, 0.15) is 5.69 Å². The van der Waals surface area contributed by atoms with Crippen molar-refractivity contribution in [1.29, 1.82) is 0 Å². The highest BCUT2D eigenvalue weighted by Crippen LogP contribution is 2.27. The molecule has 110 valence electrons. The molecule has 0 spiro atoms. The van der Waals surface area contributed by atoms with Crippen LogP contribution in [0.4, 0.5) is 0 Å². The topological polar surface area (TPSA) is 83.0 Å². The molecule has 2 aliphatic rings. The zero-order valence-corrected chi connectivity index (χ0v) is 11.6. The zero-order valence-electron chi connectivity index (χ0n) is 11.6. The summed E-state index contributed by atoms with van der Waals surface area (Å²) in [6, 6.07) is 6.74. The summed E-state index contributed by atoms with van der Waals surface area (Å²) in [5, 5.41) is 13.6. The Hall–Kier alpha value is -2.08. The third kappa shape index (κ3) is 2.47. The minimum absolute atomic E-state index is 0.115. The van der Waals surface area contributed by atoms with E-state index in [4.69, 9.17) is 4.42 Å². The Balaban J connectivity index is 1.43. The van der Waals surface area contributed by atoms with Crippen molar-refractivity contribution < 1.29 is 9.21 Å². The van der Waals surface area contributed by atoms with Crippen molar-refractivity contribution in [2.24, 2.45) is 0 Å². The van der Waals surface area contributed by atoms with E-state index in [2.05, 4.69) is 20.8 Å². The standard InChI is InChI=1S/C15H18N4O2/c20-15(17-11-6-9-3-4-10(7-11)16-9)13-8-12(18-19-13)14-2-1-5-21-14/h1-2,5,8-11,16H,3-4,6-7H2,(H,17,20)(H,18,19). The first-order chi connectivity index (χ1) is 10.3. The third-order valence-corrected chi connectivity index (χ3v) is 4.41. The van der Waals surface area contributed by atoms with Gasteiger partial charge in [-0.1, -0.05) is 0 Å². The maximum Gasteiger partial charge on any atom is 0.272 e. The second-order valence-corrected chi connectivity index (χ2v) is 5.92. The largest absolute Gasteiger partial charge is 0.463 e. The number of aromatic nitrogens is 2. The summed E-state index contributed by atoms with van der Waals surface area (Å²) in [6.07, 6.45) is 6.07. The molecule has 6 nitrogen and oxygen atoms in total. The number of rotatable bonds is 3. The molecule has 4 heterocycles. The van der Waals surface area contributed by atoms with Crippen LogP contribution in [0.5, 0.6) is 0 Å². The number of hydrogen-bond donors (Lipinski definition) is 3. The molecule has 1 amide bonds. The predicted octanol–water partition coefficient (Wildman–Crippen LogP) is 1.68. The minimum atomic E-state index is -0.115. The van der Waals surface area contributed by atoms with Crippen molar-refractivity contribution in [2.45, 2.75) is 43.8 Å². The first-order valence-corrected chi connectivity index (χ1v) is 7.44. The lowest BCUT2D eigenvalue weighted by Gasteiger charge is -2.29. The number of fused-ring (bicyclic) bond motifs is 2. The quantitative estimate of drug-likeness (QED) is 0.801. The van der Waals surface area contributed by atoms with Crippen molar-refractivity contribution in [3.05, 3.63) is 30.2 Å². The second kappa shape index (κ2) is 5.04. The van der Waals surface area contributed by atoms with Gasteiger partial charge in [-0.3, -0.25) is 9.89 Å². The summed E-state index contributed by atoms with van der Waals surface area (Å²) < 4.78 is 5.29. The number of amides is 1. The Morgan fingerprint density at radius 3 is 2.86 bits per heavy atom. The van der Waals surface area contributed by atoms with E-state index in [0.29, 0.717) is 23.5 Å². The molecule has 6 heteroatoms. The predicted molar refractivity (Wildman–Crippen MR) is 76.7 cm³/mol. The molecule has 0 saturated carbocycles. The summed E-state index contributed by atoms with van der Waals surface area (Å²) in [6.45, 7) is 0. The lowest BCUT2D eigenvalue weighted by Crippen LogP contribution is -2.48. The molecular formula is C15H18N4O2. The monoisotopic (exact) mass is 286 g/mol. The number of nitrogens with zero attached hydrogens (tertiary/aromatic N) is 1. The van der Waals surface area contributed by atoms with E-state index in [1.165, 1.54) is 12.8 Å². The number of nitrogens with one attached hydrogen (secondary N) is 3. The average Bonchev–Trinajstić information content (AvgIpc) is 3.18. The minimum Gasteiger partial charge on any atom is -0.463 e. The smallest absolute Gasteiger partial charge is 0.272 e. The van der Waals surface area contributed by atoms with Gasteiger partial charge in [-0.25, -0.2) is 0 Å². The van der Waals surface area contributed by atoms with E-state index >= 15 is 0 Å². The lowest BCUT2D eigenvalue weighted by atomic mass is 10.00. The highest BCUT2D eigenvalue weighted by Gasteiger charge is 2.34. The molecule has 2 saturated heterocycles. The van der Waals surface area contributed by atoms with Crippen LogP contribution in [0.15, 0.2) is 28.9 Å². The summed E-state index contributed by atoms with van der Waals surface area (Å²) in [4.78, 5) is 12.3. The summed E-state index contributed by atoms with van der Waals surface area (Å²) >= 11 is 0. The Bertz CT molecular complexity index is 622. The number of aromatic amines is 1. The molecule has 0 aromatic carbocycles. The van der Waals surface area contributed by atoms with E-state index in [9.17, 15) is 4.79 Å². The van der Waals surface area contributed by atoms with E-state index in [1.807, 2.05) is 6.07 Å². The Kier molecular flexibility index (Phi) is 3.03. The summed E-state index contributed by atoms with van der Waals surface area (Å²) in [7, 11) is 0. The Morgan fingerprint density at radius 1 is 1.33 bits per heavy atom. The number of carbonyl (C=O) groups excluding carboxylic acids is 1. The van der Waals surface area contributed by atoms with Crippen LogP contribution in [0, 0.1) is 0 Å². The molecule has 2 unspecified atom stereocenters. The van der Waals surface area contributed by atoms with Crippen molar-refractivity contribution in [3.8, 4) is 11.5 Å². The normalized spacial score (nSPS) is 27.7. The van der Waals surface area contributed by atoms with Gasteiger partial charge in [0, 0.05) is 24.2 Å². The van der Waals surface area contributed by atoms with Crippen molar-refractivity contribution in [3.63, 3.8) is 0 Å². The van der Waals surface area contributed by atoms with Gasteiger partial charge < -0.3 is 15.1 Å². The van der Waals surface area contributed by atoms with Gasteiger partial charge in [0.15, 0.2) is 11.5 Å². The molecule has 0 radical (unpaired) electrons. The van der Waals surface area contributed by atoms with Crippen LogP contribution in [0.3, 0.4) is 0 Å². The number of hydrogen-bond acceptors (Lipinski definition) is 4. The van der Waals surface area contributed by atoms with Crippen molar-refractivity contribution in [1.82, 2.24) is 20.8 Å². The van der Waals surface area contributed by atoms with E-state index < -0.39 is 0 Å². The maximum absolute atomic E-state index is 12.3. The fraction of sp³-hybridized carbons (Fsp3) is 0.467. The third-order valence-electron chi connectivity index (χ3n) is 4.41. The summed E-state index contributed by atoms with van der Waals surface area (Å²) in [5.41, 5.74) is 1.13. The van der Waals surface area contributed by atoms with E-state index in [1.54, 1.807) is 18.4 Å². The van der Waals surface area contributed by atoms with Crippen LogP contribution >= 0.6 is 0 Å². The van der Waals surface area contributed by atoms with E-state index in [-0.39, 0.29) is 11.9 Å². The van der Waals surface area contributed by atoms with E-state index in [0.717, 1.165) is 18.5 Å². The zero-order chi connectivity index (χ0) is 14.2. The SMILES string of the molecule is O=C(NC1CC2CCC(C1)N2)c1cc(-c2ccco2)[nH]n1. The molecule has 2 aromatic rings. The van der Waals surface area contributed by atoms with Crippen LogP contribution in [0.2, 0.25) is 0 Å². The first kappa shape index (κ1) is 12.6. The molecular weight excluding hydrogens is 268 g/mol. The Morgan fingerprint density at radius 2 is 2.14 bits per heavy atom. The first-order valence-electron chi connectivity index (χ1n) is 7.44. The molecule has 0 aliphatic carbocycles. The number of H-pyrrole nitrogens is 1. The van der Waals surface area contributed by atoms with Gasteiger partial charge in [0.05, 0.1) is 6.26 Å². The average molecular weight is 286 g/mol. The lowest BCUT2D eigenvalue weighted by molar-refractivity contribution is 0.0919. The van der Waals surface area contributed by atoms with Crippen molar-refractivity contribution in [2.75, 3.05) is 0 Å². The van der Waals surface area contributed by atoms with Gasteiger partial charge in [-0.15, -0.1) is 0 Å². The molecule has 2 aliphatic heterocycles. The maximum atomic E-state index is 12.3. The summed E-state index contributed by atoms with van der Waals surface area (Å²) in [5.74, 6) is 0.566. The molecule has 3 N–H and O–H groups in total. The van der Waals surface area contributed by atoms with Crippen LogP contribution in [0.1, 0.15) is 36.2 Å². The van der Waals surface area contributed by atoms with Gasteiger partial charge in [-0.2, -0.15) is 5.10 Å². The van der Waals surface area contributed by atoms with Gasteiger partial charge in [-0.05, 0) is 37.8 Å². The fourth-order valence-corrected chi connectivity index (χ4v) is 3.43. The van der Waals surface area contributed by atoms with Gasteiger partial charge in [0.25, 0.3) is 5.91 Å². The number of furan rings is 1. The second-order valence-electron chi connectivity index (χ2n) is 5.92. The van der Waals surface area contributed by atoms with Crippen LogP contribution in [-0.2, 0) is 0 Å². The van der Waals surface area contributed by atoms with Crippen LogP contribution < -0.4 is 10.6 Å². The highest BCUT2D eigenvalue weighted by atomic mass is 16.3. The molecule has 2 aromatic heterocycles. The van der Waals surface area contributed by atoms with Crippen LogP contribution in [-0.4, -0.2) is 34.2 Å². The number of carbonyl (C=O) groups is 1. The molecule has 2 bridgehead atoms. The highest BCUT2D eigenvalue weighted by molar-refractivity contribution is 5.93. The number of piperidine rings is 1. The molecule has 21 heavy (non-hydrogen) atoms.